The predicted octanol–water partition coefficient (Wildman–Crippen LogP) is 3.30. The van der Waals surface area contributed by atoms with Crippen LogP contribution in [0.1, 0.15) is 44.2 Å². The first-order chi connectivity index (χ1) is 8.36. The maximum absolute atomic E-state index is 5.62. The van der Waals surface area contributed by atoms with Crippen molar-refractivity contribution in [3.63, 3.8) is 0 Å². The molecule has 2 rings (SSSR count). The van der Waals surface area contributed by atoms with Crippen molar-refractivity contribution in [2.75, 3.05) is 13.2 Å². The van der Waals surface area contributed by atoms with Crippen LogP contribution in [0.5, 0.6) is 0 Å². The van der Waals surface area contributed by atoms with E-state index in [-0.39, 0.29) is 0 Å². The highest BCUT2D eigenvalue weighted by atomic mass is 16.5. The van der Waals surface area contributed by atoms with Gasteiger partial charge in [0.2, 0.25) is 0 Å². The summed E-state index contributed by atoms with van der Waals surface area (Å²) in [7, 11) is 0. The fraction of sp³-hybridized carbons (Fsp3) is 0.600. The summed E-state index contributed by atoms with van der Waals surface area (Å²) in [5.74, 6) is 0. The quantitative estimate of drug-likeness (QED) is 0.761. The van der Waals surface area contributed by atoms with Gasteiger partial charge in [0.1, 0.15) is 0 Å². The Labute approximate surface area is 104 Å². The zero-order chi connectivity index (χ0) is 11.9. The van der Waals surface area contributed by atoms with Crippen LogP contribution in [-0.4, -0.2) is 19.3 Å². The Bertz CT molecular complexity index is 306. The van der Waals surface area contributed by atoms with Crippen LogP contribution in [-0.2, 0) is 4.74 Å². The third-order valence-corrected chi connectivity index (χ3v) is 3.48. The zero-order valence-electron chi connectivity index (χ0n) is 10.7. The number of ether oxygens (including phenoxy) is 1. The van der Waals surface area contributed by atoms with Gasteiger partial charge < -0.3 is 10.1 Å². The highest BCUT2D eigenvalue weighted by Crippen LogP contribution is 2.17. The Hall–Kier alpha value is -0.860. The Morgan fingerprint density at radius 2 is 2.18 bits per heavy atom. The number of rotatable bonds is 6. The molecular formula is C15H23NO. The predicted molar refractivity (Wildman–Crippen MR) is 71.1 cm³/mol. The van der Waals surface area contributed by atoms with Gasteiger partial charge in [-0.25, -0.2) is 0 Å². The normalized spacial score (nSPS) is 21.6. The molecule has 0 radical (unpaired) electrons. The molecule has 0 bridgehead atoms. The van der Waals surface area contributed by atoms with Crippen LogP contribution in [0, 0.1) is 0 Å². The minimum atomic E-state index is 0.445. The third kappa shape index (κ3) is 4.14. The third-order valence-electron chi connectivity index (χ3n) is 3.48. The highest BCUT2D eigenvalue weighted by molar-refractivity contribution is 5.17. The maximum atomic E-state index is 5.62. The van der Waals surface area contributed by atoms with Gasteiger partial charge in [0.05, 0.1) is 6.10 Å². The molecule has 2 unspecified atom stereocenters. The fourth-order valence-corrected chi connectivity index (χ4v) is 2.38. The van der Waals surface area contributed by atoms with Crippen molar-refractivity contribution in [3.05, 3.63) is 35.9 Å². The van der Waals surface area contributed by atoms with Crippen molar-refractivity contribution in [2.45, 2.75) is 44.8 Å². The van der Waals surface area contributed by atoms with Crippen molar-refractivity contribution in [1.29, 1.82) is 0 Å². The first kappa shape index (κ1) is 12.6. The van der Waals surface area contributed by atoms with Crippen LogP contribution in [0.25, 0.3) is 0 Å². The van der Waals surface area contributed by atoms with Crippen molar-refractivity contribution < 1.29 is 4.74 Å². The summed E-state index contributed by atoms with van der Waals surface area (Å²) in [4.78, 5) is 0. The number of hydrogen-bond donors (Lipinski definition) is 1. The van der Waals surface area contributed by atoms with E-state index in [9.17, 15) is 0 Å². The lowest BCUT2D eigenvalue weighted by Gasteiger charge is -2.15. The van der Waals surface area contributed by atoms with Crippen LogP contribution in [0.3, 0.4) is 0 Å². The molecule has 0 amide bonds. The second-order valence-corrected chi connectivity index (χ2v) is 4.86. The molecule has 1 saturated heterocycles. The van der Waals surface area contributed by atoms with Gasteiger partial charge in [0.15, 0.2) is 0 Å². The molecule has 1 fully saturated rings. The highest BCUT2D eigenvalue weighted by Gasteiger charge is 2.14. The average Bonchev–Trinajstić information content (AvgIpc) is 2.88. The van der Waals surface area contributed by atoms with Crippen LogP contribution in [0.2, 0.25) is 0 Å². The Balaban J connectivity index is 1.61. The van der Waals surface area contributed by atoms with E-state index >= 15 is 0 Å². The SMILES string of the molecule is CC(NCCCC1CCCO1)c1ccccc1. The topological polar surface area (TPSA) is 21.3 Å². The van der Waals surface area contributed by atoms with E-state index in [4.69, 9.17) is 4.74 Å². The Morgan fingerprint density at radius 1 is 1.35 bits per heavy atom. The van der Waals surface area contributed by atoms with E-state index in [2.05, 4.69) is 42.6 Å². The summed E-state index contributed by atoms with van der Waals surface area (Å²) in [6, 6.07) is 11.1. The average molecular weight is 233 g/mol. The molecule has 94 valence electrons. The molecule has 1 aromatic rings. The zero-order valence-corrected chi connectivity index (χ0v) is 10.7. The second kappa shape index (κ2) is 6.77. The first-order valence-corrected chi connectivity index (χ1v) is 6.76. The van der Waals surface area contributed by atoms with Crippen molar-refractivity contribution >= 4 is 0 Å². The molecule has 2 atom stereocenters. The van der Waals surface area contributed by atoms with Gasteiger partial charge in [-0.15, -0.1) is 0 Å². The summed E-state index contributed by atoms with van der Waals surface area (Å²) in [6.45, 7) is 4.27. The standard InChI is InChI=1S/C15H23NO/c1-13(14-7-3-2-4-8-14)16-11-5-9-15-10-6-12-17-15/h2-4,7-8,13,15-16H,5-6,9-12H2,1H3. The summed E-state index contributed by atoms with van der Waals surface area (Å²) in [6.07, 6.45) is 5.45. The van der Waals surface area contributed by atoms with Gasteiger partial charge in [-0.1, -0.05) is 30.3 Å². The van der Waals surface area contributed by atoms with Gasteiger partial charge in [0, 0.05) is 12.6 Å². The van der Waals surface area contributed by atoms with E-state index < -0.39 is 0 Å². The summed E-state index contributed by atoms with van der Waals surface area (Å²) in [5, 5.41) is 3.57. The largest absolute Gasteiger partial charge is 0.378 e. The lowest BCUT2D eigenvalue weighted by molar-refractivity contribution is 0.102. The molecule has 1 aliphatic heterocycles. The first-order valence-electron chi connectivity index (χ1n) is 6.76. The summed E-state index contributed by atoms with van der Waals surface area (Å²) >= 11 is 0. The molecule has 0 spiro atoms. The van der Waals surface area contributed by atoms with Crippen molar-refractivity contribution in [1.82, 2.24) is 5.32 Å². The molecule has 0 aromatic heterocycles. The van der Waals surface area contributed by atoms with Gasteiger partial charge in [-0.05, 0) is 44.7 Å². The minimum Gasteiger partial charge on any atom is -0.378 e. The van der Waals surface area contributed by atoms with Crippen LogP contribution in [0.4, 0.5) is 0 Å². The van der Waals surface area contributed by atoms with E-state index in [1.807, 2.05) is 0 Å². The van der Waals surface area contributed by atoms with Crippen molar-refractivity contribution in [2.24, 2.45) is 0 Å². The second-order valence-electron chi connectivity index (χ2n) is 4.86. The maximum Gasteiger partial charge on any atom is 0.0576 e. The summed E-state index contributed by atoms with van der Waals surface area (Å²) in [5.41, 5.74) is 1.37. The van der Waals surface area contributed by atoms with Gasteiger partial charge in [-0.2, -0.15) is 0 Å². The molecular weight excluding hydrogens is 210 g/mol. The molecule has 0 saturated carbocycles. The molecule has 1 N–H and O–H groups in total. The van der Waals surface area contributed by atoms with E-state index in [1.165, 1.54) is 31.2 Å². The number of benzene rings is 1. The van der Waals surface area contributed by atoms with Crippen LogP contribution in [0.15, 0.2) is 30.3 Å². The molecule has 1 aliphatic rings. The van der Waals surface area contributed by atoms with E-state index in [0.29, 0.717) is 12.1 Å². The molecule has 2 heteroatoms. The van der Waals surface area contributed by atoms with Crippen LogP contribution >= 0.6 is 0 Å². The fourth-order valence-electron chi connectivity index (χ4n) is 2.38. The Morgan fingerprint density at radius 3 is 2.88 bits per heavy atom. The van der Waals surface area contributed by atoms with Crippen molar-refractivity contribution in [3.8, 4) is 0 Å². The molecule has 1 aromatic carbocycles. The smallest absolute Gasteiger partial charge is 0.0576 e. The molecule has 1 heterocycles. The molecule has 2 nitrogen and oxygen atoms in total. The molecule has 17 heavy (non-hydrogen) atoms. The van der Waals surface area contributed by atoms with E-state index in [1.54, 1.807) is 0 Å². The Kier molecular flexibility index (Phi) is 5.02. The van der Waals surface area contributed by atoms with Gasteiger partial charge >= 0.3 is 0 Å². The lowest BCUT2D eigenvalue weighted by Crippen LogP contribution is -2.21. The van der Waals surface area contributed by atoms with Crippen LogP contribution < -0.4 is 5.32 Å². The monoisotopic (exact) mass is 233 g/mol. The summed E-state index contributed by atoms with van der Waals surface area (Å²) < 4.78 is 5.62. The minimum absolute atomic E-state index is 0.445. The van der Waals surface area contributed by atoms with Gasteiger partial charge in [0.25, 0.3) is 0 Å². The molecule has 0 aliphatic carbocycles. The number of hydrogen-bond acceptors (Lipinski definition) is 2. The van der Waals surface area contributed by atoms with Gasteiger partial charge in [-0.3, -0.25) is 0 Å². The lowest BCUT2D eigenvalue weighted by atomic mass is 10.1. The number of nitrogens with one attached hydrogen (secondary N) is 1. The van der Waals surface area contributed by atoms with E-state index in [0.717, 1.165) is 13.2 Å².